The van der Waals surface area contributed by atoms with Gasteiger partial charge in [-0.1, -0.05) is 49.7 Å². The van der Waals surface area contributed by atoms with Crippen LogP contribution in [0.3, 0.4) is 0 Å². The second-order valence-corrected chi connectivity index (χ2v) is 6.33. The first-order chi connectivity index (χ1) is 11.1. The molecule has 118 valence electrons. The van der Waals surface area contributed by atoms with Crippen LogP contribution >= 0.6 is 11.6 Å². The zero-order valence-electron chi connectivity index (χ0n) is 13.3. The molecule has 0 aliphatic rings. The fourth-order valence-electron chi connectivity index (χ4n) is 2.55. The van der Waals surface area contributed by atoms with Crippen LogP contribution in [-0.4, -0.2) is 9.78 Å². The summed E-state index contributed by atoms with van der Waals surface area (Å²) >= 11 is 5.99. The summed E-state index contributed by atoms with van der Waals surface area (Å²) in [4.78, 5) is 0. The van der Waals surface area contributed by atoms with Gasteiger partial charge in [-0.05, 0) is 41.8 Å². The lowest BCUT2D eigenvalue weighted by molar-refractivity contribution is 0.838. The van der Waals surface area contributed by atoms with E-state index in [1.165, 1.54) is 5.56 Å². The molecule has 2 N–H and O–H groups in total. The van der Waals surface area contributed by atoms with Crippen molar-refractivity contribution in [3.05, 3.63) is 70.9 Å². The van der Waals surface area contributed by atoms with Crippen molar-refractivity contribution in [2.45, 2.75) is 26.3 Å². The Bertz CT molecular complexity index is 786. The van der Waals surface area contributed by atoms with E-state index in [4.69, 9.17) is 17.3 Å². The summed E-state index contributed by atoms with van der Waals surface area (Å²) in [7, 11) is 0. The molecule has 1 heterocycles. The number of hydrogen-bond donors (Lipinski definition) is 1. The van der Waals surface area contributed by atoms with Gasteiger partial charge in [0.15, 0.2) is 0 Å². The van der Waals surface area contributed by atoms with E-state index in [1.54, 1.807) is 0 Å². The summed E-state index contributed by atoms with van der Waals surface area (Å²) in [5.41, 5.74) is 11.1. The van der Waals surface area contributed by atoms with Gasteiger partial charge in [0.05, 0.1) is 17.1 Å². The van der Waals surface area contributed by atoms with E-state index >= 15 is 0 Å². The van der Waals surface area contributed by atoms with Gasteiger partial charge in [-0.25, -0.2) is 4.68 Å². The maximum Gasteiger partial charge on any atom is 0.0771 e. The zero-order chi connectivity index (χ0) is 16.4. The van der Waals surface area contributed by atoms with Gasteiger partial charge in [-0.2, -0.15) is 5.10 Å². The van der Waals surface area contributed by atoms with Crippen LogP contribution in [0, 0.1) is 0 Å². The summed E-state index contributed by atoms with van der Waals surface area (Å²) in [5.74, 6) is 0.518. The van der Waals surface area contributed by atoms with E-state index < -0.39 is 0 Å². The average molecular weight is 326 g/mol. The lowest BCUT2D eigenvalue weighted by Crippen LogP contribution is -2.01. The highest BCUT2D eigenvalue weighted by atomic mass is 35.5. The Morgan fingerprint density at radius 1 is 1.04 bits per heavy atom. The molecule has 0 saturated heterocycles. The minimum absolute atomic E-state index is 0.414. The first-order valence-electron chi connectivity index (χ1n) is 7.74. The molecule has 0 bridgehead atoms. The predicted molar refractivity (Wildman–Crippen MR) is 96.0 cm³/mol. The van der Waals surface area contributed by atoms with E-state index in [9.17, 15) is 0 Å². The molecule has 0 spiro atoms. The second-order valence-electron chi connectivity index (χ2n) is 5.89. The van der Waals surface area contributed by atoms with Gasteiger partial charge in [0.1, 0.15) is 0 Å². The normalized spacial score (nSPS) is 11.2. The summed E-state index contributed by atoms with van der Waals surface area (Å²) < 4.78 is 1.92. The van der Waals surface area contributed by atoms with Gasteiger partial charge < -0.3 is 5.73 Å². The molecule has 0 amide bonds. The van der Waals surface area contributed by atoms with Crippen LogP contribution in [0.15, 0.2) is 54.6 Å². The van der Waals surface area contributed by atoms with Crippen molar-refractivity contribution in [1.29, 1.82) is 0 Å². The van der Waals surface area contributed by atoms with E-state index in [0.717, 1.165) is 22.6 Å². The molecule has 0 atom stereocenters. The third kappa shape index (κ3) is 3.31. The van der Waals surface area contributed by atoms with Crippen LogP contribution in [0.25, 0.3) is 16.9 Å². The second kappa shape index (κ2) is 6.57. The highest BCUT2D eigenvalue weighted by Gasteiger charge is 2.11. The summed E-state index contributed by atoms with van der Waals surface area (Å²) in [6.07, 6.45) is 0. The minimum Gasteiger partial charge on any atom is -0.325 e. The third-order valence-electron chi connectivity index (χ3n) is 3.91. The van der Waals surface area contributed by atoms with E-state index in [1.807, 2.05) is 35.0 Å². The van der Waals surface area contributed by atoms with Crippen molar-refractivity contribution in [2.75, 3.05) is 0 Å². The fourth-order valence-corrected chi connectivity index (χ4v) is 2.68. The first kappa shape index (κ1) is 15.8. The predicted octanol–water partition coefficient (Wildman–Crippen LogP) is 4.77. The largest absolute Gasteiger partial charge is 0.325 e. The number of halogens is 1. The van der Waals surface area contributed by atoms with Crippen LogP contribution in [0.4, 0.5) is 0 Å². The molecule has 23 heavy (non-hydrogen) atoms. The molecular formula is C19H20ClN3. The molecule has 3 aromatic rings. The molecule has 3 nitrogen and oxygen atoms in total. The van der Waals surface area contributed by atoms with E-state index in [2.05, 4.69) is 43.2 Å². The lowest BCUT2D eigenvalue weighted by atomic mass is 10.0. The van der Waals surface area contributed by atoms with E-state index in [0.29, 0.717) is 17.5 Å². The average Bonchev–Trinajstić information content (AvgIpc) is 3.00. The summed E-state index contributed by atoms with van der Waals surface area (Å²) in [6.45, 7) is 4.80. The molecule has 2 aromatic carbocycles. The van der Waals surface area contributed by atoms with Crippen molar-refractivity contribution < 1.29 is 0 Å². The Kier molecular flexibility index (Phi) is 4.51. The number of hydrogen-bond acceptors (Lipinski definition) is 2. The van der Waals surface area contributed by atoms with Crippen LogP contribution in [0.1, 0.15) is 31.0 Å². The molecule has 1 aromatic heterocycles. The topological polar surface area (TPSA) is 43.8 Å². The van der Waals surface area contributed by atoms with Crippen LogP contribution < -0.4 is 5.73 Å². The molecule has 0 fully saturated rings. The molecule has 3 rings (SSSR count). The Hall–Kier alpha value is -2.10. The fraction of sp³-hybridized carbons (Fsp3) is 0.211. The van der Waals surface area contributed by atoms with Crippen molar-refractivity contribution in [3.8, 4) is 16.9 Å². The zero-order valence-corrected chi connectivity index (χ0v) is 14.1. The summed E-state index contributed by atoms with van der Waals surface area (Å²) in [6, 6.07) is 18.3. The Balaban J connectivity index is 2.07. The standard InChI is InChI=1S/C19H20ClN3/c1-13(2)14-3-5-15(6-4-14)19-11-17(12-21)22-23(19)18-9-7-16(20)8-10-18/h3-11,13H,12,21H2,1-2H3. The van der Waals surface area contributed by atoms with Crippen LogP contribution in [-0.2, 0) is 6.54 Å². The Morgan fingerprint density at radius 2 is 1.70 bits per heavy atom. The Labute approximate surface area is 141 Å². The van der Waals surface area contributed by atoms with Crippen LogP contribution in [0.2, 0.25) is 5.02 Å². The SMILES string of the molecule is CC(C)c1ccc(-c2cc(CN)nn2-c2ccc(Cl)cc2)cc1. The van der Waals surface area contributed by atoms with Crippen molar-refractivity contribution >= 4 is 11.6 Å². The highest BCUT2D eigenvalue weighted by Crippen LogP contribution is 2.26. The van der Waals surface area contributed by atoms with Gasteiger partial charge >= 0.3 is 0 Å². The first-order valence-corrected chi connectivity index (χ1v) is 8.11. The number of rotatable bonds is 4. The van der Waals surface area contributed by atoms with Gasteiger partial charge in [-0.3, -0.25) is 0 Å². The number of aromatic nitrogens is 2. The molecule has 4 heteroatoms. The Morgan fingerprint density at radius 3 is 2.26 bits per heavy atom. The molecule has 0 radical (unpaired) electrons. The smallest absolute Gasteiger partial charge is 0.0771 e. The van der Waals surface area contributed by atoms with Crippen molar-refractivity contribution in [2.24, 2.45) is 5.73 Å². The van der Waals surface area contributed by atoms with Gasteiger partial charge in [-0.15, -0.1) is 0 Å². The quantitative estimate of drug-likeness (QED) is 0.750. The number of nitrogens with two attached hydrogens (primary N) is 1. The van der Waals surface area contributed by atoms with Gasteiger partial charge in [0.25, 0.3) is 0 Å². The molecular weight excluding hydrogens is 306 g/mol. The summed E-state index contributed by atoms with van der Waals surface area (Å²) in [5, 5.41) is 5.32. The highest BCUT2D eigenvalue weighted by molar-refractivity contribution is 6.30. The van der Waals surface area contributed by atoms with Gasteiger partial charge in [0, 0.05) is 17.1 Å². The molecule has 0 saturated carbocycles. The van der Waals surface area contributed by atoms with E-state index in [-0.39, 0.29) is 0 Å². The number of benzene rings is 2. The number of nitrogens with zero attached hydrogens (tertiary/aromatic N) is 2. The molecule has 0 aliphatic carbocycles. The van der Waals surface area contributed by atoms with Crippen LogP contribution in [0.5, 0.6) is 0 Å². The lowest BCUT2D eigenvalue weighted by Gasteiger charge is -2.10. The van der Waals surface area contributed by atoms with Gasteiger partial charge in [0.2, 0.25) is 0 Å². The third-order valence-corrected chi connectivity index (χ3v) is 4.17. The van der Waals surface area contributed by atoms with Crippen molar-refractivity contribution in [3.63, 3.8) is 0 Å². The monoisotopic (exact) mass is 325 g/mol. The maximum atomic E-state index is 5.99. The van der Waals surface area contributed by atoms with Crippen molar-refractivity contribution in [1.82, 2.24) is 9.78 Å². The maximum absolute atomic E-state index is 5.99. The molecule has 0 unspecified atom stereocenters. The minimum atomic E-state index is 0.414. The molecule has 0 aliphatic heterocycles.